The van der Waals surface area contributed by atoms with Crippen molar-refractivity contribution in [3.05, 3.63) is 18.2 Å². The summed E-state index contributed by atoms with van der Waals surface area (Å²) >= 11 is 0. The molecule has 1 aromatic rings. The molecule has 0 aliphatic rings. The van der Waals surface area contributed by atoms with Crippen molar-refractivity contribution >= 4 is 11.8 Å². The van der Waals surface area contributed by atoms with E-state index >= 15 is 0 Å². The molecule has 0 saturated heterocycles. The first-order valence-corrected chi connectivity index (χ1v) is 3.39. The van der Waals surface area contributed by atoms with Crippen molar-refractivity contribution in [2.24, 2.45) is 5.92 Å². The van der Waals surface area contributed by atoms with Gasteiger partial charge in [-0.1, -0.05) is 0 Å². The maximum atomic E-state index is 11.2. The van der Waals surface area contributed by atoms with E-state index in [4.69, 9.17) is 5.11 Å². The van der Waals surface area contributed by atoms with Crippen LogP contribution in [-0.4, -0.2) is 26.8 Å². The molecule has 0 radical (unpaired) electrons. The average molecular weight is 168 g/mol. The molecule has 1 atom stereocenters. The number of imidazole rings is 1. The van der Waals surface area contributed by atoms with Crippen molar-refractivity contribution in [2.75, 3.05) is 0 Å². The van der Waals surface area contributed by atoms with Gasteiger partial charge in [0, 0.05) is 12.4 Å². The first-order chi connectivity index (χ1) is 5.63. The van der Waals surface area contributed by atoms with Crippen LogP contribution in [0.15, 0.2) is 12.4 Å². The van der Waals surface area contributed by atoms with Crippen molar-refractivity contribution in [3.63, 3.8) is 0 Å². The number of nitrogens with one attached hydrogen (secondary N) is 1. The van der Waals surface area contributed by atoms with Crippen LogP contribution in [0.4, 0.5) is 0 Å². The van der Waals surface area contributed by atoms with Crippen LogP contribution in [0.3, 0.4) is 0 Å². The summed E-state index contributed by atoms with van der Waals surface area (Å²) in [4.78, 5) is 27.7. The predicted molar refractivity (Wildman–Crippen MR) is 39.7 cm³/mol. The zero-order valence-corrected chi connectivity index (χ0v) is 6.44. The van der Waals surface area contributed by atoms with Gasteiger partial charge in [0.2, 0.25) is 5.78 Å². The second-order valence-corrected chi connectivity index (χ2v) is 2.36. The Morgan fingerprint density at radius 3 is 2.75 bits per heavy atom. The van der Waals surface area contributed by atoms with Gasteiger partial charge in [-0.25, -0.2) is 4.98 Å². The van der Waals surface area contributed by atoms with Gasteiger partial charge in [0.25, 0.3) is 0 Å². The number of hydrogen-bond acceptors (Lipinski definition) is 3. The molecule has 1 heterocycles. The number of carbonyl (C=O) groups is 2. The number of H-pyrrole nitrogens is 1. The highest BCUT2D eigenvalue weighted by Crippen LogP contribution is 2.03. The highest BCUT2D eigenvalue weighted by molar-refractivity contribution is 6.05. The third kappa shape index (κ3) is 1.50. The first kappa shape index (κ1) is 8.45. The van der Waals surface area contributed by atoms with E-state index in [2.05, 4.69) is 9.97 Å². The summed E-state index contributed by atoms with van der Waals surface area (Å²) in [6.07, 6.45) is 2.88. The number of aromatic amines is 1. The predicted octanol–water partition coefficient (Wildman–Crippen LogP) is 0.313. The summed E-state index contributed by atoms with van der Waals surface area (Å²) in [5, 5.41) is 8.49. The topological polar surface area (TPSA) is 83.0 Å². The molecule has 1 rings (SSSR count). The molecule has 0 saturated carbocycles. The average Bonchev–Trinajstić information content (AvgIpc) is 2.53. The van der Waals surface area contributed by atoms with Gasteiger partial charge in [0.1, 0.15) is 5.92 Å². The molecule has 0 aliphatic carbocycles. The van der Waals surface area contributed by atoms with E-state index in [0.717, 1.165) is 0 Å². The second-order valence-electron chi connectivity index (χ2n) is 2.36. The Balaban J connectivity index is 2.79. The molecular weight excluding hydrogens is 160 g/mol. The molecule has 2 N–H and O–H groups in total. The molecule has 12 heavy (non-hydrogen) atoms. The lowest BCUT2D eigenvalue weighted by atomic mass is 10.1. The molecule has 1 aromatic heterocycles. The summed E-state index contributed by atoms with van der Waals surface area (Å²) in [6, 6.07) is 0. The van der Waals surface area contributed by atoms with Crippen molar-refractivity contribution in [2.45, 2.75) is 6.92 Å². The van der Waals surface area contributed by atoms with Crippen LogP contribution in [0.25, 0.3) is 0 Å². The number of nitrogens with zero attached hydrogens (tertiary/aromatic N) is 1. The number of carbonyl (C=O) groups excluding carboxylic acids is 1. The number of Topliss-reactive ketones (excluding diaryl/α,β-unsaturated/α-hetero) is 1. The molecule has 0 bridgehead atoms. The molecule has 0 aromatic carbocycles. The van der Waals surface area contributed by atoms with Crippen LogP contribution in [0.1, 0.15) is 17.5 Å². The maximum absolute atomic E-state index is 11.2. The van der Waals surface area contributed by atoms with Crippen molar-refractivity contribution < 1.29 is 14.7 Å². The minimum Gasteiger partial charge on any atom is -0.481 e. The van der Waals surface area contributed by atoms with Gasteiger partial charge < -0.3 is 10.1 Å². The van der Waals surface area contributed by atoms with Gasteiger partial charge in [0.15, 0.2) is 5.82 Å². The molecule has 0 aliphatic heterocycles. The van der Waals surface area contributed by atoms with Crippen molar-refractivity contribution in [1.29, 1.82) is 0 Å². The lowest BCUT2D eigenvalue weighted by Gasteiger charge is -2.00. The zero-order valence-electron chi connectivity index (χ0n) is 6.44. The van der Waals surface area contributed by atoms with Gasteiger partial charge in [0.05, 0.1) is 0 Å². The molecule has 5 nitrogen and oxygen atoms in total. The first-order valence-electron chi connectivity index (χ1n) is 3.39. The van der Waals surface area contributed by atoms with Crippen molar-refractivity contribution in [3.8, 4) is 0 Å². The third-order valence-corrected chi connectivity index (χ3v) is 1.50. The zero-order chi connectivity index (χ0) is 9.14. The van der Waals surface area contributed by atoms with Crippen LogP contribution >= 0.6 is 0 Å². The van der Waals surface area contributed by atoms with Gasteiger partial charge in [-0.3, -0.25) is 9.59 Å². The van der Waals surface area contributed by atoms with Crippen LogP contribution in [0.5, 0.6) is 0 Å². The Labute approximate surface area is 68.4 Å². The number of hydrogen-bond donors (Lipinski definition) is 2. The SMILES string of the molecule is CC(C(=O)O)C(=O)c1ncc[nH]1. The standard InChI is InChI=1S/C7H8N2O3/c1-4(7(11)12)5(10)6-8-2-3-9-6/h2-4H,1H3,(H,8,9)(H,11,12). The number of rotatable bonds is 3. The molecule has 5 heteroatoms. The third-order valence-electron chi connectivity index (χ3n) is 1.50. The van der Waals surface area contributed by atoms with Gasteiger partial charge >= 0.3 is 5.97 Å². The molecule has 0 amide bonds. The summed E-state index contributed by atoms with van der Waals surface area (Å²) in [6.45, 7) is 1.33. The second kappa shape index (κ2) is 3.17. The monoisotopic (exact) mass is 168 g/mol. The number of ketones is 1. The smallest absolute Gasteiger partial charge is 0.314 e. The quantitative estimate of drug-likeness (QED) is 0.502. The molecule has 1 unspecified atom stereocenters. The summed E-state index contributed by atoms with van der Waals surface area (Å²) in [5.41, 5.74) is 0. The minimum absolute atomic E-state index is 0.0879. The highest BCUT2D eigenvalue weighted by atomic mass is 16.4. The lowest BCUT2D eigenvalue weighted by Crippen LogP contribution is -2.21. The molecule has 64 valence electrons. The van der Waals surface area contributed by atoms with E-state index in [0.29, 0.717) is 0 Å². The number of carboxylic acids is 1. The Hall–Kier alpha value is -1.65. The van der Waals surface area contributed by atoms with E-state index in [1.54, 1.807) is 0 Å². The normalized spacial score (nSPS) is 12.4. The Kier molecular flexibility index (Phi) is 2.23. The van der Waals surface area contributed by atoms with Gasteiger partial charge in [-0.2, -0.15) is 0 Å². The highest BCUT2D eigenvalue weighted by Gasteiger charge is 2.23. The number of carboxylic acid groups (broad SMARTS) is 1. The molecule has 0 fully saturated rings. The van der Waals surface area contributed by atoms with E-state index in [9.17, 15) is 9.59 Å². The van der Waals surface area contributed by atoms with E-state index in [1.165, 1.54) is 19.3 Å². The van der Waals surface area contributed by atoms with E-state index in [-0.39, 0.29) is 5.82 Å². The fourth-order valence-electron chi connectivity index (χ4n) is 0.717. The van der Waals surface area contributed by atoms with E-state index in [1.807, 2.05) is 0 Å². The number of aromatic nitrogens is 2. The summed E-state index contributed by atoms with van der Waals surface area (Å²) < 4.78 is 0. The van der Waals surface area contributed by atoms with Gasteiger partial charge in [-0.15, -0.1) is 0 Å². The molecule has 0 spiro atoms. The minimum atomic E-state index is -1.14. The largest absolute Gasteiger partial charge is 0.481 e. The van der Waals surface area contributed by atoms with Gasteiger partial charge in [-0.05, 0) is 6.92 Å². The fraction of sp³-hybridized carbons (Fsp3) is 0.286. The Morgan fingerprint density at radius 1 is 1.67 bits per heavy atom. The Bertz CT molecular complexity index is 292. The van der Waals surface area contributed by atoms with Crippen LogP contribution in [0.2, 0.25) is 0 Å². The number of aliphatic carboxylic acids is 1. The van der Waals surface area contributed by atoms with Crippen LogP contribution in [0, 0.1) is 5.92 Å². The maximum Gasteiger partial charge on any atom is 0.314 e. The van der Waals surface area contributed by atoms with Crippen LogP contribution < -0.4 is 0 Å². The van der Waals surface area contributed by atoms with E-state index < -0.39 is 17.7 Å². The van der Waals surface area contributed by atoms with Crippen LogP contribution in [-0.2, 0) is 4.79 Å². The lowest BCUT2D eigenvalue weighted by molar-refractivity contribution is -0.139. The van der Waals surface area contributed by atoms with Crippen molar-refractivity contribution in [1.82, 2.24) is 9.97 Å². The summed E-state index contributed by atoms with van der Waals surface area (Å²) in [7, 11) is 0. The summed E-state index contributed by atoms with van der Waals surface area (Å²) in [5.74, 6) is -2.61. The molecular formula is C7H8N2O3. The Morgan fingerprint density at radius 2 is 2.33 bits per heavy atom. The fourth-order valence-corrected chi connectivity index (χ4v) is 0.717.